The van der Waals surface area contributed by atoms with Crippen molar-refractivity contribution in [2.75, 3.05) is 5.73 Å². The van der Waals surface area contributed by atoms with Crippen LogP contribution in [0.3, 0.4) is 0 Å². The predicted octanol–water partition coefficient (Wildman–Crippen LogP) is 2.84. The van der Waals surface area contributed by atoms with E-state index < -0.39 is 0 Å². The average molecular weight is 253 g/mol. The van der Waals surface area contributed by atoms with E-state index in [0.717, 1.165) is 6.42 Å². The number of anilines is 1. The monoisotopic (exact) mass is 252 g/mol. The Morgan fingerprint density at radius 1 is 1.59 bits per heavy atom. The van der Waals surface area contributed by atoms with Gasteiger partial charge in [0.2, 0.25) is 0 Å². The fourth-order valence-corrected chi connectivity index (χ4v) is 2.21. The van der Waals surface area contributed by atoms with E-state index in [1.54, 1.807) is 18.2 Å². The van der Waals surface area contributed by atoms with Gasteiger partial charge in [-0.05, 0) is 37.0 Å². The van der Waals surface area contributed by atoms with Crippen molar-refractivity contribution in [2.45, 2.75) is 32.2 Å². The van der Waals surface area contributed by atoms with Gasteiger partial charge in [-0.3, -0.25) is 4.79 Å². The van der Waals surface area contributed by atoms with E-state index in [1.807, 2.05) is 0 Å². The second-order valence-corrected chi connectivity index (χ2v) is 5.01. The van der Waals surface area contributed by atoms with Crippen molar-refractivity contribution in [3.63, 3.8) is 0 Å². The fourth-order valence-electron chi connectivity index (χ4n) is 2.03. The number of rotatable bonds is 4. The molecule has 3 N–H and O–H groups in total. The smallest absolute Gasteiger partial charge is 0.251 e. The number of halogens is 1. The molecule has 92 valence electrons. The van der Waals surface area contributed by atoms with Crippen molar-refractivity contribution < 1.29 is 4.79 Å². The first-order valence-corrected chi connectivity index (χ1v) is 6.35. The van der Waals surface area contributed by atoms with Gasteiger partial charge in [0.15, 0.2) is 0 Å². The normalized spacial score (nSPS) is 22.2. The number of hydrogen-bond acceptors (Lipinski definition) is 2. The third kappa shape index (κ3) is 2.91. The van der Waals surface area contributed by atoms with Gasteiger partial charge in [-0.2, -0.15) is 0 Å². The maximum Gasteiger partial charge on any atom is 0.251 e. The molecule has 1 amide bonds. The van der Waals surface area contributed by atoms with Gasteiger partial charge >= 0.3 is 0 Å². The molecule has 2 unspecified atom stereocenters. The average Bonchev–Trinajstić information content (AvgIpc) is 3.01. The number of benzene rings is 1. The van der Waals surface area contributed by atoms with Gasteiger partial charge in [-0.25, -0.2) is 0 Å². The first-order valence-electron chi connectivity index (χ1n) is 5.97. The van der Waals surface area contributed by atoms with Crippen LogP contribution in [-0.4, -0.2) is 11.9 Å². The van der Waals surface area contributed by atoms with Crippen LogP contribution in [0.5, 0.6) is 0 Å². The van der Waals surface area contributed by atoms with Crippen molar-refractivity contribution in [3.8, 4) is 0 Å². The lowest BCUT2D eigenvalue weighted by Gasteiger charge is -2.06. The molecule has 0 radical (unpaired) electrons. The molecule has 0 bridgehead atoms. The summed E-state index contributed by atoms with van der Waals surface area (Å²) >= 11 is 5.88. The van der Waals surface area contributed by atoms with Crippen molar-refractivity contribution in [2.24, 2.45) is 5.92 Å². The Morgan fingerprint density at radius 3 is 3.00 bits per heavy atom. The van der Waals surface area contributed by atoms with Gasteiger partial charge in [-0.1, -0.05) is 24.9 Å². The molecule has 2 rings (SSSR count). The quantitative estimate of drug-likeness (QED) is 0.810. The zero-order valence-electron chi connectivity index (χ0n) is 9.87. The number of nitrogens with one attached hydrogen (secondary N) is 1. The lowest BCUT2D eigenvalue weighted by molar-refractivity contribution is 0.0949. The summed E-state index contributed by atoms with van der Waals surface area (Å²) in [4.78, 5) is 11.9. The van der Waals surface area contributed by atoms with Gasteiger partial charge in [0.1, 0.15) is 0 Å². The third-order valence-corrected chi connectivity index (χ3v) is 3.49. The zero-order chi connectivity index (χ0) is 12.4. The van der Waals surface area contributed by atoms with E-state index in [-0.39, 0.29) is 5.91 Å². The molecule has 1 saturated carbocycles. The van der Waals surface area contributed by atoms with Crippen LogP contribution in [0.2, 0.25) is 5.02 Å². The van der Waals surface area contributed by atoms with Crippen LogP contribution in [0.25, 0.3) is 0 Å². The molecule has 0 spiro atoms. The molecule has 2 atom stereocenters. The molecule has 0 aromatic heterocycles. The Labute approximate surface area is 106 Å². The van der Waals surface area contributed by atoms with E-state index in [0.29, 0.717) is 28.2 Å². The summed E-state index contributed by atoms with van der Waals surface area (Å²) in [6.07, 6.45) is 3.46. The summed E-state index contributed by atoms with van der Waals surface area (Å²) in [6.45, 7) is 2.16. The van der Waals surface area contributed by atoms with Crippen LogP contribution in [0.4, 0.5) is 5.69 Å². The first-order chi connectivity index (χ1) is 8.11. The van der Waals surface area contributed by atoms with E-state index in [9.17, 15) is 4.79 Å². The Balaban J connectivity index is 1.94. The molecule has 0 aliphatic heterocycles. The van der Waals surface area contributed by atoms with Crippen LogP contribution < -0.4 is 11.1 Å². The minimum atomic E-state index is -0.0597. The highest BCUT2D eigenvalue weighted by Gasteiger charge is 2.37. The summed E-state index contributed by atoms with van der Waals surface area (Å²) in [7, 11) is 0. The van der Waals surface area contributed by atoms with Crippen molar-refractivity contribution >= 4 is 23.2 Å². The summed E-state index contributed by atoms with van der Waals surface area (Å²) in [5, 5.41) is 3.44. The molecule has 1 fully saturated rings. The molecular weight excluding hydrogens is 236 g/mol. The maximum absolute atomic E-state index is 11.9. The summed E-state index contributed by atoms with van der Waals surface area (Å²) in [5.41, 5.74) is 6.67. The summed E-state index contributed by atoms with van der Waals surface area (Å²) < 4.78 is 0. The van der Waals surface area contributed by atoms with E-state index in [1.165, 1.54) is 12.8 Å². The topological polar surface area (TPSA) is 55.1 Å². The summed E-state index contributed by atoms with van der Waals surface area (Å²) in [6, 6.07) is 5.32. The van der Waals surface area contributed by atoms with Crippen molar-refractivity contribution in [1.29, 1.82) is 0 Å². The number of nitrogens with two attached hydrogens (primary N) is 1. The minimum absolute atomic E-state index is 0.0597. The highest BCUT2D eigenvalue weighted by atomic mass is 35.5. The van der Waals surface area contributed by atoms with Crippen LogP contribution in [0.1, 0.15) is 36.5 Å². The molecule has 3 nitrogen and oxygen atoms in total. The molecule has 17 heavy (non-hydrogen) atoms. The first kappa shape index (κ1) is 12.2. The molecular formula is C13H17ClN2O. The number of hydrogen-bond donors (Lipinski definition) is 2. The SMILES string of the molecule is CCCC1CC1NC(=O)c1ccc(N)c(Cl)c1. The number of amides is 1. The fraction of sp³-hybridized carbons (Fsp3) is 0.462. The van der Waals surface area contributed by atoms with E-state index in [2.05, 4.69) is 12.2 Å². The van der Waals surface area contributed by atoms with E-state index in [4.69, 9.17) is 17.3 Å². The number of carbonyl (C=O) groups excluding carboxylic acids is 1. The Bertz CT molecular complexity index is 433. The lowest BCUT2D eigenvalue weighted by atomic mass is 10.2. The number of nitrogen functional groups attached to an aromatic ring is 1. The predicted molar refractivity (Wildman–Crippen MR) is 70.1 cm³/mol. The van der Waals surface area contributed by atoms with Crippen LogP contribution >= 0.6 is 11.6 Å². The molecule has 1 aliphatic rings. The van der Waals surface area contributed by atoms with E-state index >= 15 is 0 Å². The molecule has 1 aromatic rings. The van der Waals surface area contributed by atoms with Gasteiger partial charge in [0, 0.05) is 11.6 Å². The highest BCUT2D eigenvalue weighted by molar-refractivity contribution is 6.33. The largest absolute Gasteiger partial charge is 0.398 e. The molecule has 4 heteroatoms. The molecule has 0 saturated heterocycles. The lowest BCUT2D eigenvalue weighted by Crippen LogP contribution is -2.26. The Kier molecular flexibility index (Phi) is 3.57. The molecule has 1 aliphatic carbocycles. The second kappa shape index (κ2) is 4.96. The molecule has 1 aromatic carbocycles. The van der Waals surface area contributed by atoms with Crippen LogP contribution in [0, 0.1) is 5.92 Å². The zero-order valence-corrected chi connectivity index (χ0v) is 10.6. The molecule has 0 heterocycles. The van der Waals surface area contributed by atoms with Gasteiger partial charge < -0.3 is 11.1 Å². The van der Waals surface area contributed by atoms with Gasteiger partial charge in [-0.15, -0.1) is 0 Å². The second-order valence-electron chi connectivity index (χ2n) is 4.60. The minimum Gasteiger partial charge on any atom is -0.398 e. The maximum atomic E-state index is 11.9. The standard InChI is InChI=1S/C13H17ClN2O/c1-2-3-8-7-12(8)16-13(17)9-4-5-11(15)10(14)6-9/h4-6,8,12H,2-3,7,15H2,1H3,(H,16,17). The van der Waals surface area contributed by atoms with Gasteiger partial charge in [0.25, 0.3) is 5.91 Å². The van der Waals surface area contributed by atoms with Crippen molar-refractivity contribution in [3.05, 3.63) is 28.8 Å². The van der Waals surface area contributed by atoms with Gasteiger partial charge in [0.05, 0.1) is 10.7 Å². The Hall–Kier alpha value is -1.22. The Morgan fingerprint density at radius 2 is 2.35 bits per heavy atom. The van der Waals surface area contributed by atoms with Crippen LogP contribution in [-0.2, 0) is 0 Å². The van der Waals surface area contributed by atoms with Crippen LogP contribution in [0.15, 0.2) is 18.2 Å². The summed E-state index contributed by atoms with van der Waals surface area (Å²) in [5.74, 6) is 0.601. The third-order valence-electron chi connectivity index (χ3n) is 3.16. The number of carbonyl (C=O) groups is 1. The highest BCUT2D eigenvalue weighted by Crippen LogP contribution is 2.34. The van der Waals surface area contributed by atoms with Crippen molar-refractivity contribution in [1.82, 2.24) is 5.32 Å².